The van der Waals surface area contributed by atoms with Gasteiger partial charge in [-0.05, 0) is 41.1 Å². The van der Waals surface area contributed by atoms with Gasteiger partial charge in [-0.2, -0.15) is 5.10 Å². The number of nitrogen functional groups attached to an aromatic ring is 1. The van der Waals surface area contributed by atoms with Crippen molar-refractivity contribution in [2.45, 2.75) is 13.0 Å². The van der Waals surface area contributed by atoms with Crippen molar-refractivity contribution in [2.75, 3.05) is 5.73 Å². The number of rotatable bonds is 3. The summed E-state index contributed by atoms with van der Waals surface area (Å²) < 4.78 is 8.07. The van der Waals surface area contributed by atoms with Gasteiger partial charge >= 0.3 is 5.63 Å². The summed E-state index contributed by atoms with van der Waals surface area (Å²) in [6.07, 6.45) is 1.40. The molecule has 0 spiro atoms. The summed E-state index contributed by atoms with van der Waals surface area (Å²) in [5, 5.41) is 6.17. The van der Waals surface area contributed by atoms with Crippen LogP contribution in [-0.2, 0) is 0 Å². The number of fused-ring (bicyclic) bond motifs is 2. The lowest BCUT2D eigenvalue weighted by Gasteiger charge is -2.18. The zero-order chi connectivity index (χ0) is 20.8. The van der Waals surface area contributed by atoms with Gasteiger partial charge in [-0.15, -0.1) is 0 Å². The Kier molecular flexibility index (Phi) is 4.50. The highest BCUT2D eigenvalue weighted by molar-refractivity contribution is 14.1. The monoisotopic (exact) mass is 509 g/mol. The van der Waals surface area contributed by atoms with Crippen LogP contribution in [0.4, 0.5) is 5.82 Å². The number of halogens is 1. The Hall–Kier alpha value is -3.27. The lowest BCUT2D eigenvalue weighted by Crippen LogP contribution is -2.19. The van der Waals surface area contributed by atoms with Crippen molar-refractivity contribution in [3.63, 3.8) is 0 Å². The fourth-order valence-corrected chi connectivity index (χ4v) is 4.55. The second kappa shape index (κ2) is 7.21. The smallest absolute Gasteiger partial charge is 0.342 e. The predicted molar refractivity (Wildman–Crippen MR) is 124 cm³/mol. The first kappa shape index (κ1) is 18.7. The van der Waals surface area contributed by atoms with Crippen molar-refractivity contribution >= 4 is 50.4 Å². The van der Waals surface area contributed by atoms with Crippen molar-refractivity contribution < 1.29 is 4.42 Å². The average Bonchev–Trinajstić information content (AvgIpc) is 3.10. The third kappa shape index (κ3) is 2.86. The van der Waals surface area contributed by atoms with Gasteiger partial charge in [0.05, 0.1) is 17.0 Å². The molecule has 8 heteroatoms. The van der Waals surface area contributed by atoms with Crippen molar-refractivity contribution in [1.29, 1.82) is 0 Å². The van der Waals surface area contributed by atoms with Crippen LogP contribution < -0.4 is 11.4 Å². The van der Waals surface area contributed by atoms with Gasteiger partial charge < -0.3 is 10.2 Å². The highest BCUT2D eigenvalue weighted by Crippen LogP contribution is 2.35. The molecule has 3 heterocycles. The maximum atomic E-state index is 13.2. The highest BCUT2D eigenvalue weighted by Gasteiger charge is 2.26. The van der Waals surface area contributed by atoms with E-state index in [9.17, 15) is 4.79 Å². The zero-order valence-electron chi connectivity index (χ0n) is 15.9. The molecule has 3 aromatic heterocycles. The molecule has 5 aromatic rings. The van der Waals surface area contributed by atoms with Gasteiger partial charge in [0.1, 0.15) is 21.4 Å². The largest absolute Gasteiger partial charge is 0.422 e. The normalized spacial score (nSPS) is 12.5. The SMILES string of the molecule is CC(c1c(-c2ccccc2)c2ccccc2oc1=O)n1nc(I)c2c(N)ncnc21. The number of aromatic nitrogens is 4. The molecule has 0 aliphatic rings. The lowest BCUT2D eigenvalue weighted by atomic mass is 9.94. The highest BCUT2D eigenvalue weighted by atomic mass is 127. The summed E-state index contributed by atoms with van der Waals surface area (Å²) in [6.45, 7) is 1.91. The molecule has 5 rings (SSSR count). The second-order valence-electron chi connectivity index (χ2n) is 6.91. The summed E-state index contributed by atoms with van der Waals surface area (Å²) in [5.41, 5.74) is 9.04. The van der Waals surface area contributed by atoms with E-state index in [1.807, 2.05) is 55.5 Å². The molecule has 1 atom stereocenters. The van der Waals surface area contributed by atoms with Crippen molar-refractivity contribution in [3.05, 3.63) is 80.6 Å². The second-order valence-corrected chi connectivity index (χ2v) is 7.93. The van der Waals surface area contributed by atoms with Gasteiger partial charge in [-0.1, -0.05) is 48.5 Å². The van der Waals surface area contributed by atoms with Gasteiger partial charge in [0, 0.05) is 10.9 Å². The third-order valence-electron chi connectivity index (χ3n) is 5.17. The zero-order valence-corrected chi connectivity index (χ0v) is 18.1. The fourth-order valence-electron chi connectivity index (χ4n) is 3.80. The predicted octanol–water partition coefficient (Wildman–Crippen LogP) is 4.40. The van der Waals surface area contributed by atoms with Crippen molar-refractivity contribution in [2.24, 2.45) is 0 Å². The van der Waals surface area contributed by atoms with Crippen LogP contribution in [-0.4, -0.2) is 19.7 Å². The molecule has 7 nitrogen and oxygen atoms in total. The van der Waals surface area contributed by atoms with Crippen LogP contribution in [0.25, 0.3) is 33.1 Å². The molecule has 2 N–H and O–H groups in total. The Morgan fingerprint density at radius 1 is 1.07 bits per heavy atom. The van der Waals surface area contributed by atoms with Crippen LogP contribution in [0.2, 0.25) is 0 Å². The molecule has 148 valence electrons. The molecule has 0 aliphatic carbocycles. The van der Waals surface area contributed by atoms with E-state index in [0.29, 0.717) is 31.7 Å². The number of nitrogens with two attached hydrogens (primary N) is 1. The number of hydrogen-bond donors (Lipinski definition) is 1. The van der Waals surface area contributed by atoms with Gasteiger partial charge in [0.25, 0.3) is 0 Å². The minimum atomic E-state index is -0.443. The Bertz CT molecular complexity index is 1460. The van der Waals surface area contributed by atoms with Gasteiger partial charge in [-0.25, -0.2) is 19.4 Å². The molecule has 0 fully saturated rings. The summed E-state index contributed by atoms with van der Waals surface area (Å²) in [4.78, 5) is 21.6. The lowest BCUT2D eigenvalue weighted by molar-refractivity contribution is 0.510. The molecule has 2 aromatic carbocycles. The van der Waals surface area contributed by atoms with E-state index in [0.717, 1.165) is 16.5 Å². The van der Waals surface area contributed by atoms with E-state index in [2.05, 4.69) is 37.7 Å². The number of anilines is 1. The minimum Gasteiger partial charge on any atom is -0.422 e. The Morgan fingerprint density at radius 2 is 1.80 bits per heavy atom. The van der Waals surface area contributed by atoms with Crippen LogP contribution in [0, 0.1) is 3.70 Å². The molecule has 0 saturated heterocycles. The summed E-state index contributed by atoms with van der Waals surface area (Å²) in [7, 11) is 0. The van der Waals surface area contributed by atoms with Crippen LogP contribution in [0.1, 0.15) is 18.5 Å². The van der Waals surface area contributed by atoms with E-state index in [-0.39, 0.29) is 0 Å². The molecular formula is C22H16IN5O2. The number of para-hydroxylation sites is 1. The summed E-state index contributed by atoms with van der Waals surface area (Å²) in [5.74, 6) is 0.358. The Morgan fingerprint density at radius 3 is 2.60 bits per heavy atom. The topological polar surface area (TPSA) is 99.8 Å². The van der Waals surface area contributed by atoms with E-state index in [1.165, 1.54) is 6.33 Å². The van der Waals surface area contributed by atoms with E-state index < -0.39 is 11.7 Å². The van der Waals surface area contributed by atoms with E-state index >= 15 is 0 Å². The molecule has 30 heavy (non-hydrogen) atoms. The van der Waals surface area contributed by atoms with Crippen LogP contribution >= 0.6 is 22.6 Å². The molecule has 0 radical (unpaired) electrons. The van der Waals surface area contributed by atoms with E-state index in [4.69, 9.17) is 10.2 Å². The quantitative estimate of drug-likeness (QED) is 0.286. The summed E-state index contributed by atoms with van der Waals surface area (Å²) >= 11 is 2.11. The molecule has 0 saturated carbocycles. The van der Waals surface area contributed by atoms with Crippen LogP contribution in [0.15, 0.2) is 70.1 Å². The van der Waals surface area contributed by atoms with E-state index in [1.54, 1.807) is 10.7 Å². The first-order chi connectivity index (χ1) is 14.6. The maximum absolute atomic E-state index is 13.2. The number of benzene rings is 2. The molecule has 1 unspecified atom stereocenters. The van der Waals surface area contributed by atoms with Gasteiger partial charge in [0.15, 0.2) is 5.65 Å². The number of nitrogens with zero attached hydrogens (tertiary/aromatic N) is 4. The standard InChI is InChI=1S/C22H16IN5O2/c1-12(28-21-18(19(23)27-28)20(24)25-11-26-21)16-17(13-7-3-2-4-8-13)14-9-5-6-10-15(14)30-22(16)29/h2-12H,1H3,(H2,24,25,26). The molecule has 0 bridgehead atoms. The Labute approximate surface area is 184 Å². The first-order valence-electron chi connectivity index (χ1n) is 9.31. The van der Waals surface area contributed by atoms with Gasteiger partial charge in [-0.3, -0.25) is 0 Å². The number of hydrogen-bond acceptors (Lipinski definition) is 6. The molecular weight excluding hydrogens is 493 g/mol. The first-order valence-corrected chi connectivity index (χ1v) is 10.4. The fraction of sp³-hybridized carbons (Fsp3) is 0.0909. The minimum absolute atomic E-state index is 0.358. The molecule has 0 aliphatic heterocycles. The van der Waals surface area contributed by atoms with Gasteiger partial charge in [0.2, 0.25) is 0 Å². The van der Waals surface area contributed by atoms with Crippen LogP contribution in [0.3, 0.4) is 0 Å². The summed E-state index contributed by atoms with van der Waals surface area (Å²) in [6, 6.07) is 16.9. The third-order valence-corrected chi connectivity index (χ3v) is 5.93. The Balaban J connectivity index is 1.85. The average molecular weight is 509 g/mol. The van der Waals surface area contributed by atoms with Crippen molar-refractivity contribution in [3.8, 4) is 11.1 Å². The molecule has 0 amide bonds. The van der Waals surface area contributed by atoms with Crippen molar-refractivity contribution in [1.82, 2.24) is 19.7 Å². The maximum Gasteiger partial charge on any atom is 0.342 e. The van der Waals surface area contributed by atoms with Crippen LogP contribution in [0.5, 0.6) is 0 Å².